The van der Waals surface area contributed by atoms with Crippen LogP contribution in [0.5, 0.6) is 0 Å². The van der Waals surface area contributed by atoms with Crippen molar-refractivity contribution in [3.63, 3.8) is 0 Å². The molecule has 2 rings (SSSR count). The standard InChI is InChI=1S/C14H21NO3S/c1-3-18-14(8-6-4-5-7-9-14)13-15-11(12(16)17)10(2)19-13/h3-9H2,1-2H3,(H,16,17). The number of aryl methyl sites for hydroxylation is 1. The lowest BCUT2D eigenvalue weighted by Crippen LogP contribution is -2.29. The fraction of sp³-hybridized carbons (Fsp3) is 0.714. The molecule has 5 heteroatoms. The van der Waals surface area contributed by atoms with Gasteiger partial charge in [-0.15, -0.1) is 11.3 Å². The Morgan fingerprint density at radius 3 is 2.47 bits per heavy atom. The van der Waals surface area contributed by atoms with Crippen molar-refractivity contribution in [2.24, 2.45) is 0 Å². The van der Waals surface area contributed by atoms with Crippen molar-refractivity contribution in [2.75, 3.05) is 6.61 Å². The quantitative estimate of drug-likeness (QED) is 0.855. The minimum Gasteiger partial charge on any atom is -0.476 e. The van der Waals surface area contributed by atoms with E-state index in [1.165, 1.54) is 24.2 Å². The number of carboxylic acids is 1. The van der Waals surface area contributed by atoms with Crippen LogP contribution in [0.2, 0.25) is 0 Å². The Kier molecular flexibility index (Phi) is 4.58. The zero-order valence-corrected chi connectivity index (χ0v) is 12.4. The Balaban J connectivity index is 2.37. The van der Waals surface area contributed by atoms with E-state index in [0.717, 1.165) is 35.6 Å². The predicted octanol–water partition coefficient (Wildman–Crippen LogP) is 3.74. The summed E-state index contributed by atoms with van der Waals surface area (Å²) in [6, 6.07) is 0. The second-order valence-electron chi connectivity index (χ2n) is 5.07. The number of thiazole rings is 1. The molecule has 0 bridgehead atoms. The van der Waals surface area contributed by atoms with Crippen LogP contribution in [0.15, 0.2) is 0 Å². The van der Waals surface area contributed by atoms with Gasteiger partial charge in [-0.05, 0) is 26.7 Å². The van der Waals surface area contributed by atoms with Gasteiger partial charge < -0.3 is 9.84 Å². The Morgan fingerprint density at radius 1 is 1.37 bits per heavy atom. The van der Waals surface area contributed by atoms with Crippen molar-refractivity contribution in [3.05, 3.63) is 15.6 Å². The fourth-order valence-electron chi connectivity index (χ4n) is 2.79. The summed E-state index contributed by atoms with van der Waals surface area (Å²) in [7, 11) is 0. The van der Waals surface area contributed by atoms with Crippen molar-refractivity contribution in [2.45, 2.75) is 58.0 Å². The molecule has 0 atom stereocenters. The number of aromatic carboxylic acids is 1. The summed E-state index contributed by atoms with van der Waals surface area (Å²) >= 11 is 1.48. The monoisotopic (exact) mass is 283 g/mol. The van der Waals surface area contributed by atoms with E-state index < -0.39 is 5.97 Å². The maximum atomic E-state index is 11.2. The average molecular weight is 283 g/mol. The highest BCUT2D eigenvalue weighted by Crippen LogP contribution is 2.41. The molecule has 1 aromatic rings. The van der Waals surface area contributed by atoms with Gasteiger partial charge in [0.05, 0.1) is 0 Å². The third kappa shape index (κ3) is 2.98. The molecule has 0 amide bonds. The van der Waals surface area contributed by atoms with E-state index >= 15 is 0 Å². The molecule has 0 aromatic carbocycles. The number of rotatable bonds is 4. The van der Waals surface area contributed by atoms with Crippen LogP contribution in [0, 0.1) is 6.92 Å². The third-order valence-electron chi connectivity index (χ3n) is 3.72. The normalized spacial score (nSPS) is 19.1. The maximum Gasteiger partial charge on any atom is 0.355 e. The molecular weight excluding hydrogens is 262 g/mol. The largest absolute Gasteiger partial charge is 0.476 e. The number of hydrogen-bond acceptors (Lipinski definition) is 4. The topological polar surface area (TPSA) is 59.4 Å². The van der Waals surface area contributed by atoms with Gasteiger partial charge in [0, 0.05) is 11.5 Å². The van der Waals surface area contributed by atoms with E-state index in [4.69, 9.17) is 9.84 Å². The van der Waals surface area contributed by atoms with Crippen molar-refractivity contribution >= 4 is 17.3 Å². The Morgan fingerprint density at radius 2 is 2.00 bits per heavy atom. The van der Waals surface area contributed by atoms with Crippen LogP contribution in [-0.4, -0.2) is 22.7 Å². The van der Waals surface area contributed by atoms with Gasteiger partial charge in [-0.2, -0.15) is 0 Å². The molecule has 0 saturated heterocycles. The molecule has 0 aliphatic heterocycles. The zero-order valence-electron chi connectivity index (χ0n) is 11.6. The van der Waals surface area contributed by atoms with Crippen molar-refractivity contribution in [3.8, 4) is 0 Å². The Bertz CT molecular complexity index is 448. The number of ether oxygens (including phenoxy) is 1. The molecule has 1 aliphatic rings. The van der Waals surface area contributed by atoms with Gasteiger partial charge in [-0.1, -0.05) is 25.7 Å². The lowest BCUT2D eigenvalue weighted by atomic mass is 9.95. The summed E-state index contributed by atoms with van der Waals surface area (Å²) in [5.74, 6) is -0.944. The SMILES string of the molecule is CCOC1(c2nc(C(=O)O)c(C)s2)CCCCCC1. The highest BCUT2D eigenvalue weighted by molar-refractivity contribution is 7.12. The van der Waals surface area contributed by atoms with Gasteiger partial charge in [-0.25, -0.2) is 9.78 Å². The molecule has 1 saturated carbocycles. The molecule has 0 radical (unpaired) electrons. The van der Waals surface area contributed by atoms with Crippen LogP contribution < -0.4 is 0 Å². The first-order valence-electron chi connectivity index (χ1n) is 6.94. The lowest BCUT2D eigenvalue weighted by molar-refractivity contribution is -0.0560. The molecule has 106 valence electrons. The fourth-order valence-corrected chi connectivity index (χ4v) is 3.89. The second kappa shape index (κ2) is 6.01. The first-order valence-corrected chi connectivity index (χ1v) is 7.76. The third-order valence-corrected chi connectivity index (χ3v) is 4.88. The highest BCUT2D eigenvalue weighted by Gasteiger charge is 2.37. The molecule has 19 heavy (non-hydrogen) atoms. The summed E-state index contributed by atoms with van der Waals surface area (Å²) < 4.78 is 6.04. The van der Waals surface area contributed by atoms with Crippen LogP contribution in [-0.2, 0) is 10.3 Å². The summed E-state index contributed by atoms with van der Waals surface area (Å²) in [4.78, 5) is 16.3. The number of nitrogens with zero attached hydrogens (tertiary/aromatic N) is 1. The highest BCUT2D eigenvalue weighted by atomic mass is 32.1. The number of hydrogen-bond donors (Lipinski definition) is 1. The smallest absolute Gasteiger partial charge is 0.355 e. The van der Waals surface area contributed by atoms with E-state index in [2.05, 4.69) is 4.98 Å². The van der Waals surface area contributed by atoms with E-state index in [9.17, 15) is 4.79 Å². The van der Waals surface area contributed by atoms with Crippen LogP contribution in [0.3, 0.4) is 0 Å². The number of carbonyl (C=O) groups is 1. The zero-order chi connectivity index (χ0) is 13.9. The van der Waals surface area contributed by atoms with E-state index in [0.29, 0.717) is 6.61 Å². The van der Waals surface area contributed by atoms with Crippen LogP contribution in [0.25, 0.3) is 0 Å². The average Bonchev–Trinajstić information content (AvgIpc) is 2.61. The molecule has 1 fully saturated rings. The van der Waals surface area contributed by atoms with E-state index in [-0.39, 0.29) is 11.3 Å². The van der Waals surface area contributed by atoms with Gasteiger partial charge in [-0.3, -0.25) is 0 Å². The summed E-state index contributed by atoms with van der Waals surface area (Å²) in [5, 5.41) is 10.0. The molecule has 1 aliphatic carbocycles. The summed E-state index contributed by atoms with van der Waals surface area (Å²) in [6.45, 7) is 4.45. The Labute approximate surface area is 117 Å². The van der Waals surface area contributed by atoms with Crippen molar-refractivity contribution in [1.82, 2.24) is 4.98 Å². The van der Waals surface area contributed by atoms with E-state index in [1.807, 2.05) is 13.8 Å². The van der Waals surface area contributed by atoms with Gasteiger partial charge in [0.25, 0.3) is 0 Å². The van der Waals surface area contributed by atoms with Gasteiger partial charge in [0.1, 0.15) is 10.6 Å². The summed E-state index contributed by atoms with van der Waals surface area (Å²) in [6.07, 6.45) is 6.61. The number of carboxylic acid groups (broad SMARTS) is 1. The lowest BCUT2D eigenvalue weighted by Gasteiger charge is -2.30. The molecular formula is C14H21NO3S. The van der Waals surface area contributed by atoms with Crippen LogP contribution in [0.4, 0.5) is 0 Å². The second-order valence-corrected chi connectivity index (χ2v) is 6.27. The van der Waals surface area contributed by atoms with Crippen molar-refractivity contribution < 1.29 is 14.6 Å². The minimum atomic E-state index is -0.944. The molecule has 0 spiro atoms. The van der Waals surface area contributed by atoms with E-state index in [1.54, 1.807) is 0 Å². The van der Waals surface area contributed by atoms with Crippen molar-refractivity contribution in [1.29, 1.82) is 0 Å². The first kappa shape index (κ1) is 14.5. The maximum absolute atomic E-state index is 11.2. The summed E-state index contributed by atoms with van der Waals surface area (Å²) in [5.41, 5.74) is -0.169. The minimum absolute atomic E-state index is 0.184. The molecule has 1 N–H and O–H groups in total. The van der Waals surface area contributed by atoms with Gasteiger partial charge in [0.2, 0.25) is 0 Å². The molecule has 4 nitrogen and oxygen atoms in total. The molecule has 1 heterocycles. The molecule has 1 aromatic heterocycles. The van der Waals surface area contributed by atoms with Crippen LogP contribution >= 0.6 is 11.3 Å². The Hall–Kier alpha value is -0.940. The number of aromatic nitrogens is 1. The van der Waals surface area contributed by atoms with Crippen LogP contribution in [0.1, 0.15) is 65.8 Å². The van der Waals surface area contributed by atoms with Gasteiger partial charge in [0.15, 0.2) is 5.69 Å². The molecule has 0 unspecified atom stereocenters. The van der Waals surface area contributed by atoms with Gasteiger partial charge >= 0.3 is 5.97 Å². The first-order chi connectivity index (χ1) is 9.09. The predicted molar refractivity (Wildman–Crippen MR) is 74.8 cm³/mol.